The quantitative estimate of drug-likeness (QED) is 0.796. The molecule has 1 aromatic carbocycles. The SMILES string of the molecule is NC(=O)c1cc(N2CC[C@H](C(=O)N3N=CC[C@H]3c3cc(F)ccc3F)[C@H](F)C2)ncn1. The van der Waals surface area contributed by atoms with Crippen molar-refractivity contribution in [2.75, 3.05) is 18.0 Å². The van der Waals surface area contributed by atoms with Gasteiger partial charge < -0.3 is 10.6 Å². The molecule has 2 amide bonds. The molecule has 0 spiro atoms. The lowest BCUT2D eigenvalue weighted by Crippen LogP contribution is -2.48. The number of nitrogens with zero attached hydrogens (tertiary/aromatic N) is 5. The number of alkyl halides is 1. The van der Waals surface area contributed by atoms with Gasteiger partial charge in [-0.3, -0.25) is 9.59 Å². The number of carbonyl (C=O) groups excluding carboxylic acids is 2. The van der Waals surface area contributed by atoms with Crippen molar-refractivity contribution < 1.29 is 22.8 Å². The molecule has 11 heteroatoms. The van der Waals surface area contributed by atoms with Gasteiger partial charge in [0.25, 0.3) is 5.91 Å². The van der Waals surface area contributed by atoms with Gasteiger partial charge in [0.2, 0.25) is 5.91 Å². The predicted molar refractivity (Wildman–Crippen MR) is 105 cm³/mol. The van der Waals surface area contributed by atoms with Crippen LogP contribution in [0.15, 0.2) is 35.7 Å². The molecule has 8 nitrogen and oxygen atoms in total. The number of hydrazone groups is 1. The molecule has 0 radical (unpaired) electrons. The normalized spacial score (nSPS) is 23.3. The number of piperidine rings is 1. The molecule has 1 fully saturated rings. The first kappa shape index (κ1) is 20.8. The van der Waals surface area contributed by atoms with Crippen molar-refractivity contribution >= 4 is 23.8 Å². The fourth-order valence-electron chi connectivity index (χ4n) is 3.87. The number of aromatic nitrogens is 2. The Kier molecular flexibility index (Phi) is 5.57. The highest BCUT2D eigenvalue weighted by Gasteiger charge is 2.41. The van der Waals surface area contributed by atoms with Crippen molar-refractivity contribution in [2.45, 2.75) is 25.1 Å². The molecule has 2 aromatic rings. The molecule has 0 aliphatic carbocycles. The maximum absolute atomic E-state index is 15.0. The molecule has 0 saturated carbocycles. The van der Waals surface area contributed by atoms with Crippen molar-refractivity contribution in [1.29, 1.82) is 0 Å². The van der Waals surface area contributed by atoms with Crippen LogP contribution in [-0.4, -0.2) is 52.3 Å². The largest absolute Gasteiger partial charge is 0.364 e. The van der Waals surface area contributed by atoms with Crippen LogP contribution in [0.1, 0.15) is 34.9 Å². The fraction of sp³-hybridized carbons (Fsp3) is 0.350. The third kappa shape index (κ3) is 4.07. The number of carbonyl (C=O) groups is 2. The Labute approximate surface area is 175 Å². The smallest absolute Gasteiger partial charge is 0.267 e. The molecule has 1 saturated heterocycles. The lowest BCUT2D eigenvalue weighted by atomic mass is 9.92. The van der Waals surface area contributed by atoms with Crippen molar-refractivity contribution in [2.24, 2.45) is 16.8 Å². The van der Waals surface area contributed by atoms with Gasteiger partial charge in [0, 0.05) is 30.8 Å². The molecule has 4 rings (SSSR count). The zero-order valence-corrected chi connectivity index (χ0v) is 16.3. The van der Waals surface area contributed by atoms with Gasteiger partial charge in [-0.1, -0.05) is 0 Å². The highest BCUT2D eigenvalue weighted by atomic mass is 19.1. The molecule has 2 N–H and O–H groups in total. The summed E-state index contributed by atoms with van der Waals surface area (Å²) in [6.45, 7) is 0.157. The first-order chi connectivity index (χ1) is 14.8. The van der Waals surface area contributed by atoms with Crippen LogP contribution in [0.25, 0.3) is 0 Å². The minimum absolute atomic E-state index is 0.00124. The summed E-state index contributed by atoms with van der Waals surface area (Å²) in [5.41, 5.74) is 5.22. The van der Waals surface area contributed by atoms with E-state index < -0.39 is 41.6 Å². The van der Waals surface area contributed by atoms with Crippen molar-refractivity contribution in [3.8, 4) is 0 Å². The number of rotatable bonds is 4. The minimum atomic E-state index is -1.55. The minimum Gasteiger partial charge on any atom is -0.364 e. The van der Waals surface area contributed by atoms with E-state index >= 15 is 4.39 Å². The number of nitrogens with two attached hydrogens (primary N) is 1. The zero-order valence-electron chi connectivity index (χ0n) is 16.3. The summed E-state index contributed by atoms with van der Waals surface area (Å²) in [7, 11) is 0. The summed E-state index contributed by atoms with van der Waals surface area (Å²) in [4.78, 5) is 33.7. The van der Waals surface area contributed by atoms with E-state index in [1.165, 1.54) is 12.3 Å². The number of primary amides is 1. The molecule has 2 aliphatic rings. The number of benzene rings is 1. The van der Waals surface area contributed by atoms with Crippen molar-refractivity contribution in [1.82, 2.24) is 15.0 Å². The summed E-state index contributed by atoms with van der Waals surface area (Å²) >= 11 is 0. The van der Waals surface area contributed by atoms with Crippen LogP contribution in [0.3, 0.4) is 0 Å². The zero-order chi connectivity index (χ0) is 22.1. The van der Waals surface area contributed by atoms with E-state index in [0.29, 0.717) is 12.4 Å². The van der Waals surface area contributed by atoms with Crippen LogP contribution in [0.2, 0.25) is 0 Å². The van der Waals surface area contributed by atoms with Gasteiger partial charge in [0.05, 0.1) is 18.5 Å². The second kappa shape index (κ2) is 8.32. The molecule has 1 aromatic heterocycles. The highest BCUT2D eigenvalue weighted by molar-refractivity contribution is 5.91. The highest BCUT2D eigenvalue weighted by Crippen LogP contribution is 2.34. The Hall–Kier alpha value is -3.50. The third-order valence-electron chi connectivity index (χ3n) is 5.46. The molecular weight excluding hydrogens is 413 g/mol. The van der Waals surface area contributed by atoms with Gasteiger partial charge in [0.1, 0.15) is 35.6 Å². The Morgan fingerprint density at radius 2 is 1.97 bits per heavy atom. The number of hydrogen-bond acceptors (Lipinski definition) is 6. The molecule has 2 aliphatic heterocycles. The molecule has 0 bridgehead atoms. The fourth-order valence-corrected chi connectivity index (χ4v) is 3.87. The van der Waals surface area contributed by atoms with Gasteiger partial charge in [-0.2, -0.15) is 5.10 Å². The van der Waals surface area contributed by atoms with Crippen LogP contribution in [0, 0.1) is 17.6 Å². The Balaban J connectivity index is 1.49. The third-order valence-corrected chi connectivity index (χ3v) is 5.46. The van der Waals surface area contributed by atoms with Crippen LogP contribution < -0.4 is 10.6 Å². The van der Waals surface area contributed by atoms with Gasteiger partial charge in [0.15, 0.2) is 0 Å². The molecule has 0 unspecified atom stereocenters. The summed E-state index contributed by atoms with van der Waals surface area (Å²) in [6.07, 6.45) is 1.40. The van der Waals surface area contributed by atoms with Crippen LogP contribution in [0.4, 0.5) is 19.0 Å². The van der Waals surface area contributed by atoms with Crippen molar-refractivity contribution in [3.63, 3.8) is 0 Å². The summed E-state index contributed by atoms with van der Waals surface area (Å²) in [5, 5.41) is 5.04. The van der Waals surface area contributed by atoms with Crippen molar-refractivity contribution in [3.05, 3.63) is 53.5 Å². The second-order valence-corrected chi connectivity index (χ2v) is 7.38. The van der Waals surface area contributed by atoms with E-state index in [0.717, 1.165) is 29.5 Å². The number of hydrogen-bond donors (Lipinski definition) is 1. The van der Waals surface area contributed by atoms with E-state index in [4.69, 9.17) is 5.73 Å². The number of anilines is 1. The summed E-state index contributed by atoms with van der Waals surface area (Å²) in [6, 6.07) is 3.55. The van der Waals surface area contributed by atoms with E-state index in [-0.39, 0.29) is 30.6 Å². The summed E-state index contributed by atoms with van der Waals surface area (Å²) in [5.74, 6) is -3.27. The number of halogens is 3. The molecule has 3 atom stereocenters. The molecule has 162 valence electrons. The lowest BCUT2D eigenvalue weighted by molar-refractivity contribution is -0.140. The van der Waals surface area contributed by atoms with Gasteiger partial charge >= 0.3 is 0 Å². The lowest BCUT2D eigenvalue weighted by Gasteiger charge is -2.36. The topological polar surface area (TPSA) is 105 Å². The summed E-state index contributed by atoms with van der Waals surface area (Å²) < 4.78 is 42.8. The Bertz CT molecular complexity index is 1050. The predicted octanol–water partition coefficient (Wildman–Crippen LogP) is 1.98. The van der Waals surface area contributed by atoms with Crippen LogP contribution >= 0.6 is 0 Å². The van der Waals surface area contributed by atoms with Gasteiger partial charge in [-0.25, -0.2) is 28.1 Å². The maximum atomic E-state index is 15.0. The average Bonchev–Trinajstić information content (AvgIpc) is 3.24. The van der Waals surface area contributed by atoms with E-state index in [2.05, 4.69) is 15.1 Å². The van der Waals surface area contributed by atoms with E-state index in [1.807, 2.05) is 0 Å². The van der Waals surface area contributed by atoms with E-state index in [1.54, 1.807) is 4.90 Å². The van der Waals surface area contributed by atoms with Gasteiger partial charge in [-0.15, -0.1) is 0 Å². The molecular formula is C20H19F3N6O2. The number of amides is 2. The standard InChI is InChI=1S/C20H19F3N6O2/c21-11-1-2-14(22)13(7-11)17-3-5-27-29(17)20(31)12-4-6-28(9-15(12)23)18-8-16(19(24)30)25-10-26-18/h1-2,5,7-8,10,12,15,17H,3-4,6,9H2,(H2,24,30)/t12-,15+,17-/m0/s1. The van der Waals surface area contributed by atoms with E-state index in [9.17, 15) is 18.4 Å². The average molecular weight is 432 g/mol. The van der Waals surface area contributed by atoms with Crippen LogP contribution in [0.5, 0.6) is 0 Å². The first-order valence-electron chi connectivity index (χ1n) is 9.66. The van der Waals surface area contributed by atoms with Gasteiger partial charge in [-0.05, 0) is 24.6 Å². The Morgan fingerprint density at radius 3 is 2.71 bits per heavy atom. The monoisotopic (exact) mass is 432 g/mol. The Morgan fingerprint density at radius 1 is 1.16 bits per heavy atom. The second-order valence-electron chi connectivity index (χ2n) is 7.38. The maximum Gasteiger partial charge on any atom is 0.267 e. The molecule has 31 heavy (non-hydrogen) atoms. The molecule has 3 heterocycles. The van der Waals surface area contributed by atoms with Crippen LogP contribution in [-0.2, 0) is 4.79 Å². The first-order valence-corrected chi connectivity index (χ1v) is 9.66.